The van der Waals surface area contributed by atoms with E-state index >= 15 is 0 Å². The third-order valence-corrected chi connectivity index (χ3v) is 4.44. The molecular weight excluding hydrogens is 218 g/mol. The lowest BCUT2D eigenvalue weighted by Gasteiger charge is -2.40. The number of rotatable bonds is 5. The first-order valence-corrected chi connectivity index (χ1v) is 7.42. The first-order chi connectivity index (χ1) is 8.60. The Balaban J connectivity index is 1.89. The summed E-state index contributed by atoms with van der Waals surface area (Å²) in [6, 6.07) is 10.3. The van der Waals surface area contributed by atoms with Crippen LogP contribution in [-0.4, -0.2) is 6.04 Å². The maximum absolute atomic E-state index is 3.82. The summed E-state index contributed by atoms with van der Waals surface area (Å²) in [5, 5.41) is 3.82. The Bertz CT molecular complexity index is 360. The molecule has 0 aromatic heterocycles. The van der Waals surface area contributed by atoms with Crippen molar-refractivity contribution in [1.29, 1.82) is 0 Å². The van der Waals surface area contributed by atoms with Gasteiger partial charge in [0.05, 0.1) is 0 Å². The van der Waals surface area contributed by atoms with Crippen LogP contribution in [0.25, 0.3) is 0 Å². The van der Waals surface area contributed by atoms with Gasteiger partial charge in [0, 0.05) is 12.1 Å². The highest BCUT2D eigenvalue weighted by Gasteiger charge is 2.32. The summed E-state index contributed by atoms with van der Waals surface area (Å²) in [7, 11) is 0. The van der Waals surface area contributed by atoms with E-state index in [0.717, 1.165) is 17.9 Å². The second kappa shape index (κ2) is 5.88. The van der Waals surface area contributed by atoms with Crippen molar-refractivity contribution in [3.05, 3.63) is 35.4 Å². The Morgan fingerprint density at radius 3 is 2.28 bits per heavy atom. The Morgan fingerprint density at radius 1 is 1.17 bits per heavy atom. The summed E-state index contributed by atoms with van der Waals surface area (Å²) in [5.41, 5.74) is 2.79. The zero-order chi connectivity index (χ0) is 13.1. The third kappa shape index (κ3) is 3.14. The first kappa shape index (κ1) is 13.6. The molecule has 2 rings (SSSR count). The van der Waals surface area contributed by atoms with Crippen LogP contribution in [0.3, 0.4) is 0 Å². The van der Waals surface area contributed by atoms with E-state index in [2.05, 4.69) is 57.3 Å². The van der Waals surface area contributed by atoms with Crippen LogP contribution in [0.15, 0.2) is 24.3 Å². The molecule has 1 atom stereocenters. The predicted molar refractivity (Wildman–Crippen MR) is 78.7 cm³/mol. The molecule has 1 N–H and O–H groups in total. The molecule has 18 heavy (non-hydrogen) atoms. The zero-order valence-corrected chi connectivity index (χ0v) is 12.2. The SMILES string of the molecule is CCC(NC1CC(C(C)C)C1)c1ccc(C)cc1. The minimum absolute atomic E-state index is 0.531. The molecule has 1 aromatic rings. The Hall–Kier alpha value is -0.820. The number of hydrogen-bond acceptors (Lipinski definition) is 1. The molecule has 100 valence electrons. The van der Waals surface area contributed by atoms with Crippen LogP contribution < -0.4 is 5.32 Å². The molecule has 1 heteroatoms. The molecule has 0 bridgehead atoms. The molecule has 0 spiro atoms. The number of nitrogens with one attached hydrogen (secondary N) is 1. The van der Waals surface area contributed by atoms with E-state index in [1.807, 2.05) is 0 Å². The highest BCUT2D eigenvalue weighted by Crippen LogP contribution is 2.35. The molecule has 1 aromatic carbocycles. The number of hydrogen-bond donors (Lipinski definition) is 1. The molecule has 0 aliphatic heterocycles. The maximum Gasteiger partial charge on any atom is 0.0320 e. The molecule has 0 amide bonds. The summed E-state index contributed by atoms with van der Waals surface area (Å²) in [6.07, 6.45) is 3.89. The van der Waals surface area contributed by atoms with Crippen LogP contribution in [0.4, 0.5) is 0 Å². The van der Waals surface area contributed by atoms with E-state index in [1.165, 1.54) is 30.4 Å². The summed E-state index contributed by atoms with van der Waals surface area (Å²) < 4.78 is 0. The van der Waals surface area contributed by atoms with Gasteiger partial charge in [-0.3, -0.25) is 0 Å². The van der Waals surface area contributed by atoms with Crippen LogP contribution in [0, 0.1) is 18.8 Å². The van der Waals surface area contributed by atoms with Crippen LogP contribution in [-0.2, 0) is 0 Å². The topological polar surface area (TPSA) is 12.0 Å². The highest BCUT2D eigenvalue weighted by molar-refractivity contribution is 5.24. The van der Waals surface area contributed by atoms with Gasteiger partial charge in [-0.15, -0.1) is 0 Å². The van der Waals surface area contributed by atoms with Crippen LogP contribution >= 0.6 is 0 Å². The minimum Gasteiger partial charge on any atom is -0.307 e. The van der Waals surface area contributed by atoms with Crippen molar-refractivity contribution in [3.63, 3.8) is 0 Å². The Labute approximate surface area is 112 Å². The van der Waals surface area contributed by atoms with Crippen molar-refractivity contribution in [1.82, 2.24) is 5.32 Å². The van der Waals surface area contributed by atoms with Crippen molar-refractivity contribution in [2.24, 2.45) is 11.8 Å². The molecule has 1 fully saturated rings. The Morgan fingerprint density at radius 2 is 1.78 bits per heavy atom. The lowest BCUT2D eigenvalue weighted by atomic mass is 9.73. The van der Waals surface area contributed by atoms with Crippen LogP contribution in [0.2, 0.25) is 0 Å². The van der Waals surface area contributed by atoms with Gasteiger partial charge >= 0.3 is 0 Å². The van der Waals surface area contributed by atoms with E-state index < -0.39 is 0 Å². The molecule has 1 unspecified atom stereocenters. The van der Waals surface area contributed by atoms with E-state index in [0.29, 0.717) is 6.04 Å². The van der Waals surface area contributed by atoms with Gasteiger partial charge in [-0.05, 0) is 43.6 Å². The zero-order valence-electron chi connectivity index (χ0n) is 12.2. The van der Waals surface area contributed by atoms with Crippen molar-refractivity contribution >= 4 is 0 Å². The lowest BCUT2D eigenvalue weighted by molar-refractivity contribution is 0.156. The van der Waals surface area contributed by atoms with E-state index in [1.54, 1.807) is 0 Å². The summed E-state index contributed by atoms with van der Waals surface area (Å²) >= 11 is 0. The summed E-state index contributed by atoms with van der Waals surface area (Å²) in [4.78, 5) is 0. The fourth-order valence-electron chi connectivity index (χ4n) is 2.88. The van der Waals surface area contributed by atoms with Crippen molar-refractivity contribution in [2.45, 2.75) is 59.0 Å². The van der Waals surface area contributed by atoms with Gasteiger partial charge in [-0.25, -0.2) is 0 Å². The van der Waals surface area contributed by atoms with Gasteiger partial charge in [-0.1, -0.05) is 50.6 Å². The summed E-state index contributed by atoms with van der Waals surface area (Å²) in [6.45, 7) is 9.11. The van der Waals surface area contributed by atoms with Crippen LogP contribution in [0.1, 0.15) is 57.2 Å². The largest absolute Gasteiger partial charge is 0.307 e. The average molecular weight is 245 g/mol. The number of benzene rings is 1. The average Bonchev–Trinajstić information content (AvgIpc) is 2.29. The van der Waals surface area contributed by atoms with E-state index in [-0.39, 0.29) is 0 Å². The van der Waals surface area contributed by atoms with Crippen molar-refractivity contribution in [2.75, 3.05) is 0 Å². The fourth-order valence-corrected chi connectivity index (χ4v) is 2.88. The second-order valence-corrected chi connectivity index (χ2v) is 6.21. The molecule has 1 nitrogen and oxygen atoms in total. The van der Waals surface area contributed by atoms with Crippen molar-refractivity contribution in [3.8, 4) is 0 Å². The molecule has 1 saturated carbocycles. The first-order valence-electron chi connectivity index (χ1n) is 7.42. The lowest BCUT2D eigenvalue weighted by Crippen LogP contribution is -2.44. The molecule has 0 radical (unpaired) electrons. The van der Waals surface area contributed by atoms with Gasteiger partial charge in [0.25, 0.3) is 0 Å². The van der Waals surface area contributed by atoms with Gasteiger partial charge in [0.15, 0.2) is 0 Å². The smallest absolute Gasteiger partial charge is 0.0320 e. The summed E-state index contributed by atoms with van der Waals surface area (Å²) in [5.74, 6) is 1.79. The highest BCUT2D eigenvalue weighted by atomic mass is 15.0. The minimum atomic E-state index is 0.531. The quantitative estimate of drug-likeness (QED) is 0.807. The van der Waals surface area contributed by atoms with Crippen LogP contribution in [0.5, 0.6) is 0 Å². The number of aryl methyl sites for hydroxylation is 1. The fraction of sp³-hybridized carbons (Fsp3) is 0.647. The van der Waals surface area contributed by atoms with Gasteiger partial charge in [-0.2, -0.15) is 0 Å². The monoisotopic (exact) mass is 245 g/mol. The van der Waals surface area contributed by atoms with Gasteiger partial charge < -0.3 is 5.32 Å². The molecule has 1 aliphatic rings. The molecular formula is C17H27N. The van der Waals surface area contributed by atoms with E-state index in [4.69, 9.17) is 0 Å². The Kier molecular flexibility index (Phi) is 4.45. The molecule has 1 aliphatic carbocycles. The standard InChI is InChI=1S/C17H27N/c1-5-17(14-8-6-13(4)7-9-14)18-16-10-15(11-16)12(2)3/h6-9,12,15-18H,5,10-11H2,1-4H3. The predicted octanol–water partition coefficient (Wildman–Crippen LogP) is 4.47. The molecule has 0 heterocycles. The van der Waals surface area contributed by atoms with E-state index in [9.17, 15) is 0 Å². The van der Waals surface area contributed by atoms with Gasteiger partial charge in [0.2, 0.25) is 0 Å². The third-order valence-electron chi connectivity index (χ3n) is 4.44. The van der Waals surface area contributed by atoms with Crippen molar-refractivity contribution < 1.29 is 0 Å². The molecule has 0 saturated heterocycles. The maximum atomic E-state index is 3.82. The second-order valence-electron chi connectivity index (χ2n) is 6.21. The normalized spacial score (nSPS) is 24.9. The van der Waals surface area contributed by atoms with Gasteiger partial charge in [0.1, 0.15) is 0 Å².